The number of carbonyl (C=O) groups is 1. The molecular formula is C20H28N2O3. The normalized spacial score (nSPS) is 9.84. The van der Waals surface area contributed by atoms with E-state index in [9.17, 15) is 9.90 Å². The molecule has 2 rings (SSSR count). The van der Waals surface area contributed by atoms with Crippen molar-refractivity contribution < 1.29 is 15.0 Å². The third kappa shape index (κ3) is 8.22. The molecule has 2 aromatic rings. The highest BCUT2D eigenvalue weighted by Gasteiger charge is 2.01. The minimum atomic E-state index is 0.112. The highest BCUT2D eigenvalue weighted by molar-refractivity contribution is 5.75. The fraction of sp³-hybridized carbons (Fsp3) is 0.350. The van der Waals surface area contributed by atoms with Crippen LogP contribution in [0.2, 0.25) is 0 Å². The first kappa shape index (κ1) is 20.5. The van der Waals surface area contributed by atoms with Crippen LogP contribution in [0.1, 0.15) is 37.3 Å². The van der Waals surface area contributed by atoms with Gasteiger partial charge in [-0.2, -0.15) is 0 Å². The summed E-state index contributed by atoms with van der Waals surface area (Å²) in [6, 6.07) is 12.4. The molecule has 136 valence electrons. The van der Waals surface area contributed by atoms with Gasteiger partial charge in [-0.1, -0.05) is 38.0 Å². The number of carbonyl (C=O) groups excluding carboxylic acids is 1. The van der Waals surface area contributed by atoms with Crippen LogP contribution in [0.5, 0.6) is 11.5 Å². The lowest BCUT2D eigenvalue weighted by atomic mass is 10.1. The molecule has 0 heterocycles. The van der Waals surface area contributed by atoms with Gasteiger partial charge in [0.15, 0.2) is 0 Å². The molecule has 0 fully saturated rings. The molecule has 25 heavy (non-hydrogen) atoms. The number of aromatic hydroxyl groups is 2. The molecule has 0 aliphatic heterocycles. The number of anilines is 1. The molecule has 0 unspecified atom stereocenters. The van der Waals surface area contributed by atoms with Gasteiger partial charge >= 0.3 is 0 Å². The van der Waals surface area contributed by atoms with E-state index in [2.05, 4.69) is 12.2 Å². The Hall–Kier alpha value is -2.53. The van der Waals surface area contributed by atoms with Crippen molar-refractivity contribution in [1.82, 2.24) is 0 Å². The predicted octanol–water partition coefficient (Wildman–Crippen LogP) is 3.59. The summed E-state index contributed by atoms with van der Waals surface area (Å²) in [6.45, 7) is 2.82. The Balaban J connectivity index is 0.000000271. The van der Waals surface area contributed by atoms with E-state index >= 15 is 0 Å². The summed E-state index contributed by atoms with van der Waals surface area (Å²) in [5, 5.41) is 20.8. The quantitative estimate of drug-likeness (QED) is 0.334. The van der Waals surface area contributed by atoms with E-state index in [0.717, 1.165) is 24.8 Å². The average Bonchev–Trinajstić information content (AvgIpc) is 2.61. The maximum Gasteiger partial charge on any atom is 0.211 e. The third-order valence-electron chi connectivity index (χ3n) is 3.71. The van der Waals surface area contributed by atoms with Crippen LogP contribution >= 0.6 is 0 Å². The van der Waals surface area contributed by atoms with Gasteiger partial charge in [-0.3, -0.25) is 4.79 Å². The molecule has 0 saturated carbocycles. The topological polar surface area (TPSA) is 95.6 Å². The molecule has 0 atom stereocenters. The van der Waals surface area contributed by atoms with Gasteiger partial charge in [0.25, 0.3) is 0 Å². The summed E-state index contributed by atoms with van der Waals surface area (Å²) in [6.07, 6.45) is 5.98. The lowest BCUT2D eigenvalue weighted by Gasteiger charge is -2.06. The van der Waals surface area contributed by atoms with Gasteiger partial charge in [0, 0.05) is 0 Å². The van der Waals surface area contributed by atoms with Crippen molar-refractivity contribution in [2.24, 2.45) is 5.73 Å². The van der Waals surface area contributed by atoms with Crippen LogP contribution in [0.15, 0.2) is 42.5 Å². The lowest BCUT2D eigenvalue weighted by molar-refractivity contribution is -0.105. The summed E-state index contributed by atoms with van der Waals surface area (Å²) < 4.78 is 0. The SMILES string of the molecule is CCCCCc1ccc(O)c(NC=O)c1.NCCc1ccc(O)cc1. The van der Waals surface area contributed by atoms with Crippen LogP contribution in [-0.2, 0) is 17.6 Å². The second-order valence-electron chi connectivity index (χ2n) is 5.78. The first-order chi connectivity index (χ1) is 12.1. The van der Waals surface area contributed by atoms with Crippen molar-refractivity contribution in [3.63, 3.8) is 0 Å². The second-order valence-corrected chi connectivity index (χ2v) is 5.78. The Labute approximate surface area is 149 Å². The fourth-order valence-corrected chi connectivity index (χ4v) is 2.33. The molecule has 2 aromatic carbocycles. The first-order valence-corrected chi connectivity index (χ1v) is 8.60. The molecule has 0 aromatic heterocycles. The molecule has 0 radical (unpaired) electrons. The van der Waals surface area contributed by atoms with Crippen LogP contribution in [0.25, 0.3) is 0 Å². The van der Waals surface area contributed by atoms with E-state index in [1.807, 2.05) is 24.3 Å². The van der Waals surface area contributed by atoms with Gasteiger partial charge in [-0.05, 0) is 61.2 Å². The molecule has 5 heteroatoms. The number of hydrogen-bond donors (Lipinski definition) is 4. The monoisotopic (exact) mass is 344 g/mol. The van der Waals surface area contributed by atoms with Crippen LogP contribution in [0, 0.1) is 0 Å². The van der Waals surface area contributed by atoms with Crippen molar-refractivity contribution in [2.45, 2.75) is 39.0 Å². The van der Waals surface area contributed by atoms with Gasteiger partial charge in [0.2, 0.25) is 6.41 Å². The number of nitrogens with two attached hydrogens (primary N) is 1. The molecule has 0 saturated heterocycles. The summed E-state index contributed by atoms with van der Waals surface area (Å²) >= 11 is 0. The zero-order chi connectivity index (χ0) is 18.5. The van der Waals surface area contributed by atoms with Crippen LogP contribution in [0.4, 0.5) is 5.69 Å². The molecule has 0 spiro atoms. The second kappa shape index (κ2) is 11.9. The van der Waals surface area contributed by atoms with Gasteiger partial charge in [-0.25, -0.2) is 0 Å². The molecule has 1 amide bonds. The van der Waals surface area contributed by atoms with Gasteiger partial charge in [0.05, 0.1) is 5.69 Å². The maximum absolute atomic E-state index is 10.3. The predicted molar refractivity (Wildman–Crippen MR) is 102 cm³/mol. The minimum Gasteiger partial charge on any atom is -0.508 e. The van der Waals surface area contributed by atoms with Crippen LogP contribution < -0.4 is 11.1 Å². The minimum absolute atomic E-state index is 0.112. The Morgan fingerprint density at radius 1 is 1.00 bits per heavy atom. The van der Waals surface area contributed by atoms with Gasteiger partial charge < -0.3 is 21.3 Å². The van der Waals surface area contributed by atoms with E-state index < -0.39 is 0 Å². The van der Waals surface area contributed by atoms with E-state index in [1.165, 1.54) is 18.4 Å². The van der Waals surface area contributed by atoms with Crippen molar-refractivity contribution >= 4 is 12.1 Å². The fourth-order valence-electron chi connectivity index (χ4n) is 2.33. The van der Waals surface area contributed by atoms with Crippen LogP contribution in [-0.4, -0.2) is 23.2 Å². The van der Waals surface area contributed by atoms with E-state index in [0.29, 0.717) is 24.4 Å². The zero-order valence-corrected chi connectivity index (χ0v) is 14.7. The Morgan fingerprint density at radius 3 is 2.28 bits per heavy atom. The van der Waals surface area contributed by atoms with Crippen molar-refractivity contribution in [1.29, 1.82) is 0 Å². The van der Waals surface area contributed by atoms with Crippen molar-refractivity contribution in [2.75, 3.05) is 11.9 Å². The molecule has 5 nitrogen and oxygen atoms in total. The number of rotatable bonds is 8. The standard InChI is InChI=1S/C12H17NO2.C8H11NO/c1-2-3-4-5-10-6-7-12(15)11(8-10)13-9-14;9-6-5-7-1-3-8(10)4-2-7/h6-9,15H,2-5H2,1H3,(H,13,14);1-4,10H,5-6,9H2. The third-order valence-corrected chi connectivity index (χ3v) is 3.71. The molecule has 5 N–H and O–H groups in total. The number of unbranched alkanes of at least 4 members (excludes halogenated alkanes) is 2. The van der Waals surface area contributed by atoms with E-state index in [-0.39, 0.29) is 5.75 Å². The van der Waals surface area contributed by atoms with Gasteiger partial charge in [-0.15, -0.1) is 0 Å². The average molecular weight is 344 g/mol. The number of nitrogens with one attached hydrogen (secondary N) is 1. The van der Waals surface area contributed by atoms with E-state index in [4.69, 9.17) is 10.8 Å². The zero-order valence-electron chi connectivity index (χ0n) is 14.7. The molecule has 0 aliphatic rings. The molecule has 0 aliphatic carbocycles. The number of benzene rings is 2. The number of hydrogen-bond acceptors (Lipinski definition) is 4. The van der Waals surface area contributed by atoms with E-state index in [1.54, 1.807) is 18.2 Å². The Morgan fingerprint density at radius 2 is 1.68 bits per heavy atom. The van der Waals surface area contributed by atoms with Gasteiger partial charge in [0.1, 0.15) is 11.5 Å². The molecular weight excluding hydrogens is 316 g/mol. The number of phenols is 2. The first-order valence-electron chi connectivity index (χ1n) is 8.60. The number of aryl methyl sites for hydroxylation is 1. The highest BCUT2D eigenvalue weighted by atomic mass is 16.3. The Kier molecular flexibility index (Phi) is 9.78. The summed E-state index contributed by atoms with van der Waals surface area (Å²) in [5.41, 5.74) is 8.13. The number of amides is 1. The smallest absolute Gasteiger partial charge is 0.211 e. The number of phenolic OH excluding ortho intramolecular Hbond substituents is 2. The van der Waals surface area contributed by atoms with Crippen molar-refractivity contribution in [3.8, 4) is 11.5 Å². The maximum atomic E-state index is 10.3. The van der Waals surface area contributed by atoms with Crippen LogP contribution in [0.3, 0.4) is 0 Å². The summed E-state index contributed by atoms with van der Waals surface area (Å²) in [4.78, 5) is 10.3. The lowest BCUT2D eigenvalue weighted by Crippen LogP contribution is -2.01. The largest absolute Gasteiger partial charge is 0.508 e. The van der Waals surface area contributed by atoms with Crippen molar-refractivity contribution in [3.05, 3.63) is 53.6 Å². The summed E-state index contributed by atoms with van der Waals surface area (Å²) in [7, 11) is 0. The Bertz CT molecular complexity index is 627. The highest BCUT2D eigenvalue weighted by Crippen LogP contribution is 2.24. The summed E-state index contributed by atoms with van der Waals surface area (Å²) in [5.74, 6) is 0.419. The molecule has 0 bridgehead atoms.